The first-order valence-corrected chi connectivity index (χ1v) is 5.43. The molecule has 2 nitrogen and oxygen atoms in total. The first-order valence-electron chi connectivity index (χ1n) is 5.43. The van der Waals surface area contributed by atoms with Gasteiger partial charge in [0.05, 0.1) is 0 Å². The van der Waals surface area contributed by atoms with Gasteiger partial charge < -0.3 is 4.40 Å². The average molecular weight is 226 g/mol. The fourth-order valence-electron chi connectivity index (χ4n) is 1.86. The van der Waals surface area contributed by atoms with E-state index in [1.54, 1.807) is 25.3 Å². The fourth-order valence-corrected chi connectivity index (χ4v) is 1.86. The molecule has 1 aromatic carbocycles. The number of hydrogen-bond donors (Lipinski definition) is 0. The lowest BCUT2D eigenvalue weighted by atomic mass is 10.1. The van der Waals surface area contributed by atoms with Crippen LogP contribution in [0.25, 0.3) is 16.8 Å². The zero-order valence-corrected chi connectivity index (χ0v) is 9.39. The summed E-state index contributed by atoms with van der Waals surface area (Å²) < 4.78 is 15.4. The van der Waals surface area contributed by atoms with Gasteiger partial charge in [-0.3, -0.25) is 0 Å². The van der Waals surface area contributed by atoms with Crippen LogP contribution in [0, 0.1) is 12.7 Å². The number of rotatable bonds is 1. The van der Waals surface area contributed by atoms with Crippen molar-refractivity contribution in [1.82, 2.24) is 9.38 Å². The molecule has 17 heavy (non-hydrogen) atoms. The molecule has 0 aliphatic rings. The topological polar surface area (TPSA) is 17.3 Å². The Morgan fingerprint density at radius 1 is 1.12 bits per heavy atom. The third kappa shape index (κ3) is 1.69. The Kier molecular flexibility index (Phi) is 2.18. The molecule has 84 valence electrons. The summed E-state index contributed by atoms with van der Waals surface area (Å²) in [5.41, 5.74) is 3.41. The highest BCUT2D eigenvalue weighted by atomic mass is 19.1. The lowest BCUT2D eigenvalue weighted by Crippen LogP contribution is -1.88. The maximum atomic E-state index is 13.5. The van der Waals surface area contributed by atoms with Crippen LogP contribution in [0.3, 0.4) is 0 Å². The van der Waals surface area contributed by atoms with Gasteiger partial charge in [-0.2, -0.15) is 0 Å². The quantitative estimate of drug-likeness (QED) is 0.621. The van der Waals surface area contributed by atoms with E-state index in [0.717, 1.165) is 16.8 Å². The second kappa shape index (κ2) is 3.70. The van der Waals surface area contributed by atoms with Crippen LogP contribution in [-0.4, -0.2) is 9.38 Å². The van der Waals surface area contributed by atoms with Gasteiger partial charge in [0, 0.05) is 18.6 Å². The summed E-state index contributed by atoms with van der Waals surface area (Å²) in [5, 5.41) is 0. The standard InChI is InChI=1S/C14H11FN2/c1-10-2-3-11(8-13(10)15)12-4-5-14-16-6-7-17(14)9-12/h2-9H,1H3. The minimum Gasteiger partial charge on any atom is -0.306 e. The molecule has 0 N–H and O–H groups in total. The van der Waals surface area contributed by atoms with Crippen LogP contribution >= 0.6 is 0 Å². The Morgan fingerprint density at radius 3 is 2.76 bits per heavy atom. The van der Waals surface area contributed by atoms with Crippen LogP contribution in [0.1, 0.15) is 5.56 Å². The SMILES string of the molecule is Cc1ccc(-c2ccc3nccn3c2)cc1F. The van der Waals surface area contributed by atoms with Gasteiger partial charge in [-0.25, -0.2) is 9.37 Å². The molecule has 0 aliphatic heterocycles. The molecule has 0 amide bonds. The highest BCUT2D eigenvalue weighted by Crippen LogP contribution is 2.22. The summed E-state index contributed by atoms with van der Waals surface area (Å²) in [7, 11) is 0. The highest BCUT2D eigenvalue weighted by molar-refractivity contribution is 5.65. The summed E-state index contributed by atoms with van der Waals surface area (Å²) in [6.45, 7) is 1.76. The zero-order valence-electron chi connectivity index (χ0n) is 9.39. The maximum absolute atomic E-state index is 13.5. The van der Waals surface area contributed by atoms with Crippen molar-refractivity contribution in [1.29, 1.82) is 0 Å². The number of halogens is 1. The molecule has 0 spiro atoms. The van der Waals surface area contributed by atoms with Gasteiger partial charge in [0.1, 0.15) is 11.5 Å². The van der Waals surface area contributed by atoms with Crippen LogP contribution in [0.2, 0.25) is 0 Å². The molecule has 0 bridgehead atoms. The normalized spacial score (nSPS) is 10.9. The summed E-state index contributed by atoms with van der Waals surface area (Å²) in [6, 6.07) is 9.16. The molecule has 3 rings (SSSR count). The fraction of sp³-hybridized carbons (Fsp3) is 0.0714. The van der Waals surface area contributed by atoms with Crippen LogP contribution < -0.4 is 0 Å². The molecule has 3 heteroatoms. The number of aryl methyl sites for hydroxylation is 1. The van der Waals surface area contributed by atoms with Gasteiger partial charge in [0.25, 0.3) is 0 Å². The van der Waals surface area contributed by atoms with E-state index in [1.807, 2.05) is 35.0 Å². The number of fused-ring (bicyclic) bond motifs is 1. The molecule has 3 aromatic rings. The minimum absolute atomic E-state index is 0.173. The van der Waals surface area contributed by atoms with E-state index in [2.05, 4.69) is 4.98 Å². The lowest BCUT2D eigenvalue weighted by Gasteiger charge is -2.04. The van der Waals surface area contributed by atoms with Crippen molar-refractivity contribution in [3.05, 3.63) is 60.3 Å². The highest BCUT2D eigenvalue weighted by Gasteiger charge is 2.03. The van der Waals surface area contributed by atoms with Crippen molar-refractivity contribution in [2.45, 2.75) is 6.92 Å². The van der Waals surface area contributed by atoms with E-state index in [9.17, 15) is 4.39 Å². The minimum atomic E-state index is -0.173. The van der Waals surface area contributed by atoms with Gasteiger partial charge in [-0.05, 0) is 41.8 Å². The van der Waals surface area contributed by atoms with Crippen molar-refractivity contribution >= 4 is 5.65 Å². The van der Waals surface area contributed by atoms with E-state index in [4.69, 9.17) is 0 Å². The summed E-state index contributed by atoms with van der Waals surface area (Å²) in [5.74, 6) is -0.173. The Hall–Kier alpha value is -2.16. The van der Waals surface area contributed by atoms with E-state index in [-0.39, 0.29) is 5.82 Å². The molecule has 0 saturated heterocycles. The van der Waals surface area contributed by atoms with E-state index in [1.165, 1.54) is 0 Å². The second-order valence-corrected chi connectivity index (χ2v) is 4.07. The summed E-state index contributed by atoms with van der Waals surface area (Å²) in [6.07, 6.45) is 5.57. The van der Waals surface area contributed by atoms with Gasteiger partial charge in [-0.15, -0.1) is 0 Å². The van der Waals surface area contributed by atoms with Crippen LogP contribution in [0.15, 0.2) is 48.9 Å². The summed E-state index contributed by atoms with van der Waals surface area (Å²) in [4.78, 5) is 4.17. The third-order valence-electron chi connectivity index (χ3n) is 2.89. The van der Waals surface area contributed by atoms with Crippen molar-refractivity contribution < 1.29 is 4.39 Å². The lowest BCUT2D eigenvalue weighted by molar-refractivity contribution is 0.619. The molecule has 0 unspecified atom stereocenters. The van der Waals surface area contributed by atoms with Gasteiger partial charge >= 0.3 is 0 Å². The Labute approximate surface area is 98.4 Å². The molecule has 0 atom stereocenters. The number of aromatic nitrogens is 2. The first kappa shape index (κ1) is 10.0. The second-order valence-electron chi connectivity index (χ2n) is 4.07. The van der Waals surface area contributed by atoms with Crippen molar-refractivity contribution in [2.75, 3.05) is 0 Å². The predicted molar refractivity (Wildman–Crippen MR) is 65.3 cm³/mol. The molecule has 2 aromatic heterocycles. The van der Waals surface area contributed by atoms with Crippen molar-refractivity contribution in [3.8, 4) is 11.1 Å². The molecular formula is C14H11FN2. The van der Waals surface area contributed by atoms with Crippen molar-refractivity contribution in [2.24, 2.45) is 0 Å². The zero-order chi connectivity index (χ0) is 11.8. The van der Waals surface area contributed by atoms with Gasteiger partial charge in [0.2, 0.25) is 0 Å². The monoisotopic (exact) mass is 226 g/mol. The largest absolute Gasteiger partial charge is 0.306 e. The predicted octanol–water partition coefficient (Wildman–Crippen LogP) is 3.45. The molecular weight excluding hydrogens is 215 g/mol. The van der Waals surface area contributed by atoms with Crippen molar-refractivity contribution in [3.63, 3.8) is 0 Å². The van der Waals surface area contributed by atoms with E-state index >= 15 is 0 Å². The number of nitrogens with zero attached hydrogens (tertiary/aromatic N) is 2. The van der Waals surface area contributed by atoms with Crippen LogP contribution in [0.5, 0.6) is 0 Å². The number of benzene rings is 1. The number of pyridine rings is 1. The summed E-state index contributed by atoms with van der Waals surface area (Å²) >= 11 is 0. The smallest absolute Gasteiger partial charge is 0.136 e. The first-order chi connectivity index (χ1) is 8.24. The molecule has 0 saturated carbocycles. The number of imidazole rings is 1. The molecule has 0 aliphatic carbocycles. The van der Waals surface area contributed by atoms with Crippen LogP contribution in [-0.2, 0) is 0 Å². The molecule has 0 radical (unpaired) electrons. The van der Waals surface area contributed by atoms with Gasteiger partial charge in [-0.1, -0.05) is 12.1 Å². The van der Waals surface area contributed by atoms with Gasteiger partial charge in [0.15, 0.2) is 0 Å². The molecule has 0 fully saturated rings. The molecule has 2 heterocycles. The Morgan fingerprint density at radius 2 is 1.94 bits per heavy atom. The Balaban J connectivity index is 2.16. The third-order valence-corrected chi connectivity index (χ3v) is 2.89. The maximum Gasteiger partial charge on any atom is 0.136 e. The number of hydrogen-bond acceptors (Lipinski definition) is 1. The van der Waals surface area contributed by atoms with E-state index in [0.29, 0.717) is 5.56 Å². The average Bonchev–Trinajstić information content (AvgIpc) is 2.79. The Bertz CT molecular complexity index is 686. The van der Waals surface area contributed by atoms with E-state index < -0.39 is 0 Å². The van der Waals surface area contributed by atoms with Crippen LogP contribution in [0.4, 0.5) is 4.39 Å².